The van der Waals surface area contributed by atoms with E-state index in [-0.39, 0.29) is 16.4 Å². The fourth-order valence-electron chi connectivity index (χ4n) is 2.76. The number of aromatic nitrogens is 3. The summed E-state index contributed by atoms with van der Waals surface area (Å²) in [5.74, 6) is -0.510. The fourth-order valence-corrected chi connectivity index (χ4v) is 3.01. The molecule has 3 nitrogen and oxygen atoms in total. The summed E-state index contributed by atoms with van der Waals surface area (Å²) >= 11 is 6.18. The Morgan fingerprint density at radius 3 is 2.27 bits per heavy atom. The van der Waals surface area contributed by atoms with E-state index in [0.717, 1.165) is 5.56 Å². The van der Waals surface area contributed by atoms with Crippen LogP contribution in [0.3, 0.4) is 0 Å². The topological polar surface area (TPSA) is 41.6 Å². The lowest BCUT2D eigenvalue weighted by atomic mass is 10.1. The molecule has 26 heavy (non-hydrogen) atoms. The maximum absolute atomic E-state index is 14.3. The molecule has 0 aliphatic rings. The van der Waals surface area contributed by atoms with Crippen molar-refractivity contribution in [1.29, 1.82) is 0 Å². The lowest BCUT2D eigenvalue weighted by Gasteiger charge is -2.02. The SMILES string of the molecule is Fc1ccc(-c2nc(-c3c(F)cccc3Cl)[nH]c2-c2ccncc2)cc1. The normalized spacial score (nSPS) is 10.9. The van der Waals surface area contributed by atoms with Gasteiger partial charge in [0, 0.05) is 23.5 Å². The highest BCUT2D eigenvalue weighted by Gasteiger charge is 2.19. The van der Waals surface area contributed by atoms with E-state index >= 15 is 0 Å². The molecular weight excluding hydrogens is 356 g/mol. The van der Waals surface area contributed by atoms with Gasteiger partial charge < -0.3 is 4.98 Å². The number of hydrogen-bond donors (Lipinski definition) is 1. The minimum atomic E-state index is -0.474. The van der Waals surface area contributed by atoms with Crippen LogP contribution >= 0.6 is 11.6 Å². The summed E-state index contributed by atoms with van der Waals surface area (Å²) in [6.07, 6.45) is 3.31. The summed E-state index contributed by atoms with van der Waals surface area (Å²) in [7, 11) is 0. The first-order valence-corrected chi connectivity index (χ1v) is 8.22. The van der Waals surface area contributed by atoms with Crippen LogP contribution in [0.5, 0.6) is 0 Å². The fraction of sp³-hybridized carbons (Fsp3) is 0. The van der Waals surface area contributed by atoms with E-state index in [4.69, 9.17) is 11.6 Å². The number of rotatable bonds is 3. The second-order valence-electron chi connectivity index (χ2n) is 5.65. The molecule has 0 saturated carbocycles. The van der Waals surface area contributed by atoms with E-state index in [0.29, 0.717) is 22.8 Å². The van der Waals surface area contributed by atoms with Gasteiger partial charge in [-0.1, -0.05) is 17.7 Å². The summed E-state index contributed by atoms with van der Waals surface area (Å²) in [6.45, 7) is 0. The molecule has 0 atom stereocenters. The molecular formula is C20H12ClF2N3. The van der Waals surface area contributed by atoms with Crippen molar-refractivity contribution in [3.8, 4) is 33.9 Å². The third-order valence-electron chi connectivity index (χ3n) is 3.99. The number of hydrogen-bond acceptors (Lipinski definition) is 2. The summed E-state index contributed by atoms with van der Waals surface area (Å²) in [5.41, 5.74) is 2.97. The Morgan fingerprint density at radius 2 is 1.58 bits per heavy atom. The van der Waals surface area contributed by atoms with E-state index in [2.05, 4.69) is 15.0 Å². The molecule has 0 saturated heterocycles. The van der Waals surface area contributed by atoms with E-state index in [1.54, 1.807) is 30.6 Å². The average molecular weight is 368 g/mol. The highest BCUT2D eigenvalue weighted by Crippen LogP contribution is 2.35. The van der Waals surface area contributed by atoms with Crippen molar-refractivity contribution in [3.63, 3.8) is 0 Å². The van der Waals surface area contributed by atoms with Crippen molar-refractivity contribution >= 4 is 11.6 Å². The van der Waals surface area contributed by atoms with Gasteiger partial charge in [0.05, 0.1) is 22.0 Å². The van der Waals surface area contributed by atoms with Gasteiger partial charge in [-0.15, -0.1) is 0 Å². The Hall–Kier alpha value is -3.05. The lowest BCUT2D eigenvalue weighted by molar-refractivity contribution is 0.628. The van der Waals surface area contributed by atoms with Gasteiger partial charge in [-0.2, -0.15) is 0 Å². The molecule has 0 unspecified atom stereocenters. The van der Waals surface area contributed by atoms with Gasteiger partial charge in [0.15, 0.2) is 0 Å². The number of halogens is 3. The molecule has 0 aliphatic heterocycles. The van der Waals surface area contributed by atoms with Crippen LogP contribution < -0.4 is 0 Å². The van der Waals surface area contributed by atoms with Gasteiger partial charge in [0.25, 0.3) is 0 Å². The smallest absolute Gasteiger partial charge is 0.143 e. The Bertz CT molecular complexity index is 1040. The minimum absolute atomic E-state index is 0.192. The zero-order chi connectivity index (χ0) is 18.1. The van der Waals surface area contributed by atoms with Crippen LogP contribution in [0.2, 0.25) is 5.02 Å². The molecule has 0 aliphatic carbocycles. The first-order valence-electron chi connectivity index (χ1n) is 7.84. The van der Waals surface area contributed by atoms with E-state index in [1.165, 1.54) is 24.3 Å². The van der Waals surface area contributed by atoms with Gasteiger partial charge in [0.2, 0.25) is 0 Å². The minimum Gasteiger partial charge on any atom is -0.337 e. The molecule has 6 heteroatoms. The van der Waals surface area contributed by atoms with Crippen LogP contribution in [-0.2, 0) is 0 Å². The van der Waals surface area contributed by atoms with Crippen molar-refractivity contribution < 1.29 is 8.78 Å². The summed E-state index contributed by atoms with van der Waals surface area (Å²) < 4.78 is 27.6. The van der Waals surface area contributed by atoms with E-state index in [9.17, 15) is 8.78 Å². The number of H-pyrrole nitrogens is 1. The number of pyridine rings is 1. The molecule has 0 spiro atoms. The molecule has 0 radical (unpaired) electrons. The number of nitrogens with one attached hydrogen (secondary N) is 1. The molecule has 0 fully saturated rings. The quantitative estimate of drug-likeness (QED) is 0.502. The molecule has 4 rings (SSSR count). The van der Waals surface area contributed by atoms with Gasteiger partial charge in [-0.05, 0) is 48.5 Å². The van der Waals surface area contributed by atoms with Crippen LogP contribution in [0.1, 0.15) is 0 Å². The number of nitrogens with zero attached hydrogens (tertiary/aromatic N) is 2. The third-order valence-corrected chi connectivity index (χ3v) is 4.31. The maximum Gasteiger partial charge on any atom is 0.143 e. The highest BCUT2D eigenvalue weighted by molar-refractivity contribution is 6.33. The Balaban J connectivity index is 1.95. The predicted molar refractivity (Wildman–Crippen MR) is 97.6 cm³/mol. The van der Waals surface area contributed by atoms with Crippen LogP contribution in [-0.4, -0.2) is 15.0 Å². The second-order valence-corrected chi connectivity index (χ2v) is 6.06. The largest absolute Gasteiger partial charge is 0.337 e. The van der Waals surface area contributed by atoms with Crippen molar-refractivity contribution in [2.75, 3.05) is 0 Å². The van der Waals surface area contributed by atoms with Gasteiger partial charge in [-0.3, -0.25) is 4.98 Å². The molecule has 1 N–H and O–H groups in total. The Labute approximate surface area is 153 Å². The molecule has 0 bridgehead atoms. The van der Waals surface area contributed by atoms with E-state index in [1.807, 2.05) is 12.1 Å². The van der Waals surface area contributed by atoms with E-state index < -0.39 is 5.82 Å². The predicted octanol–water partition coefficient (Wildman–Crippen LogP) is 5.74. The first-order chi connectivity index (χ1) is 12.6. The zero-order valence-corrected chi connectivity index (χ0v) is 14.1. The van der Waals surface area contributed by atoms with Crippen LogP contribution in [0.4, 0.5) is 8.78 Å². The molecule has 2 aromatic carbocycles. The summed E-state index contributed by atoms with van der Waals surface area (Å²) in [6, 6.07) is 14.1. The highest BCUT2D eigenvalue weighted by atomic mass is 35.5. The molecule has 2 aromatic heterocycles. The monoisotopic (exact) mass is 367 g/mol. The van der Waals surface area contributed by atoms with Crippen molar-refractivity contribution in [2.45, 2.75) is 0 Å². The first kappa shape index (κ1) is 16.4. The van der Waals surface area contributed by atoms with Crippen molar-refractivity contribution in [1.82, 2.24) is 15.0 Å². The maximum atomic E-state index is 14.3. The standard InChI is InChI=1S/C20H12ClF2N3/c21-15-2-1-3-16(23)17(15)20-25-18(12-4-6-14(22)7-5-12)19(26-20)13-8-10-24-11-9-13/h1-11H,(H,25,26). The number of benzene rings is 2. The molecule has 128 valence electrons. The third kappa shape index (κ3) is 2.97. The van der Waals surface area contributed by atoms with Crippen LogP contribution in [0.25, 0.3) is 33.9 Å². The number of imidazole rings is 1. The lowest BCUT2D eigenvalue weighted by Crippen LogP contribution is -1.88. The average Bonchev–Trinajstić information content (AvgIpc) is 3.08. The van der Waals surface area contributed by atoms with Crippen molar-refractivity contribution in [2.24, 2.45) is 0 Å². The van der Waals surface area contributed by atoms with Gasteiger partial charge in [0.1, 0.15) is 17.5 Å². The summed E-state index contributed by atoms with van der Waals surface area (Å²) in [5, 5.41) is 0.255. The van der Waals surface area contributed by atoms with Crippen LogP contribution in [0, 0.1) is 11.6 Å². The summed E-state index contributed by atoms with van der Waals surface area (Å²) in [4.78, 5) is 11.7. The van der Waals surface area contributed by atoms with Gasteiger partial charge >= 0.3 is 0 Å². The molecule has 2 heterocycles. The Kier molecular flexibility index (Phi) is 4.22. The number of aromatic amines is 1. The molecule has 0 amide bonds. The van der Waals surface area contributed by atoms with Gasteiger partial charge in [-0.25, -0.2) is 13.8 Å². The Morgan fingerprint density at radius 1 is 0.846 bits per heavy atom. The molecule has 4 aromatic rings. The zero-order valence-electron chi connectivity index (χ0n) is 13.4. The second kappa shape index (κ2) is 6.69. The van der Waals surface area contributed by atoms with Crippen molar-refractivity contribution in [3.05, 3.63) is 83.6 Å². The van der Waals surface area contributed by atoms with Crippen LogP contribution in [0.15, 0.2) is 67.0 Å².